The van der Waals surface area contributed by atoms with Crippen molar-refractivity contribution in [2.75, 3.05) is 0 Å². The molecular formula is C46H28. The highest BCUT2D eigenvalue weighted by molar-refractivity contribution is 6.26. The van der Waals surface area contributed by atoms with E-state index in [9.17, 15) is 0 Å². The van der Waals surface area contributed by atoms with Crippen molar-refractivity contribution in [3.8, 4) is 33.4 Å². The summed E-state index contributed by atoms with van der Waals surface area (Å²) >= 11 is 0. The van der Waals surface area contributed by atoms with Crippen LogP contribution < -0.4 is 0 Å². The lowest BCUT2D eigenvalue weighted by Crippen LogP contribution is -1.92. The third-order valence-corrected chi connectivity index (χ3v) is 9.98. The molecule has 0 N–H and O–H groups in total. The Balaban J connectivity index is 1.25. The number of rotatable bonds is 3. The predicted octanol–water partition coefficient (Wildman–Crippen LogP) is 13.0. The van der Waals surface area contributed by atoms with Gasteiger partial charge in [-0.1, -0.05) is 164 Å². The first-order valence-electron chi connectivity index (χ1n) is 16.0. The molecule has 0 aliphatic carbocycles. The van der Waals surface area contributed by atoms with Gasteiger partial charge in [-0.05, 0) is 104 Å². The monoisotopic (exact) mass is 580 g/mol. The van der Waals surface area contributed by atoms with Gasteiger partial charge in [0, 0.05) is 0 Å². The molecule has 0 spiro atoms. The fraction of sp³-hybridized carbons (Fsp3) is 0. The van der Waals surface area contributed by atoms with Gasteiger partial charge in [-0.25, -0.2) is 0 Å². The molecule has 46 heavy (non-hydrogen) atoms. The van der Waals surface area contributed by atoms with Gasteiger partial charge in [-0.3, -0.25) is 0 Å². The van der Waals surface area contributed by atoms with Gasteiger partial charge in [-0.2, -0.15) is 0 Å². The van der Waals surface area contributed by atoms with Crippen LogP contribution in [0, 0.1) is 0 Å². The Kier molecular flexibility index (Phi) is 5.38. The van der Waals surface area contributed by atoms with E-state index in [1.165, 1.54) is 98.0 Å². The van der Waals surface area contributed by atoms with Gasteiger partial charge in [0.05, 0.1) is 0 Å². The molecule has 10 aromatic rings. The zero-order valence-corrected chi connectivity index (χ0v) is 25.2. The summed E-state index contributed by atoms with van der Waals surface area (Å²) in [5.41, 5.74) is 7.61. The molecule has 0 nitrogen and oxygen atoms in total. The molecule has 0 saturated carbocycles. The zero-order valence-electron chi connectivity index (χ0n) is 25.2. The topological polar surface area (TPSA) is 0 Å². The number of fused-ring (bicyclic) bond motifs is 3. The van der Waals surface area contributed by atoms with E-state index in [4.69, 9.17) is 0 Å². The SMILES string of the molecule is c1cc(-c2c3ccccc3c(-c3cccc4ccccc34)c3ccccc23)cc(-c2ccc3ccc4cccc5ccc2c3c45)c1. The van der Waals surface area contributed by atoms with Crippen LogP contribution in [0.25, 0.3) is 98.0 Å². The molecule has 0 bridgehead atoms. The van der Waals surface area contributed by atoms with Crippen molar-refractivity contribution in [3.63, 3.8) is 0 Å². The van der Waals surface area contributed by atoms with Gasteiger partial charge >= 0.3 is 0 Å². The van der Waals surface area contributed by atoms with Crippen LogP contribution in [-0.4, -0.2) is 0 Å². The average molecular weight is 581 g/mol. The smallest absolute Gasteiger partial charge is 0.00201 e. The van der Waals surface area contributed by atoms with E-state index in [1.807, 2.05) is 0 Å². The first kappa shape index (κ1) is 25.4. The molecule has 0 aromatic heterocycles. The minimum Gasteiger partial charge on any atom is -0.0616 e. The third-order valence-electron chi connectivity index (χ3n) is 9.98. The molecule has 0 atom stereocenters. The Labute approximate surface area is 267 Å². The second-order valence-corrected chi connectivity index (χ2v) is 12.4. The minimum atomic E-state index is 1.24. The molecule has 0 saturated heterocycles. The lowest BCUT2D eigenvalue weighted by molar-refractivity contribution is 1.64. The van der Waals surface area contributed by atoms with Crippen molar-refractivity contribution in [2.45, 2.75) is 0 Å². The molecule has 0 aliphatic rings. The van der Waals surface area contributed by atoms with Crippen LogP contribution in [-0.2, 0) is 0 Å². The van der Waals surface area contributed by atoms with Gasteiger partial charge < -0.3 is 0 Å². The van der Waals surface area contributed by atoms with Crippen LogP contribution in [0.1, 0.15) is 0 Å². The summed E-state index contributed by atoms with van der Waals surface area (Å²) < 4.78 is 0. The Bertz CT molecular complexity index is 2720. The van der Waals surface area contributed by atoms with E-state index >= 15 is 0 Å². The fourth-order valence-electron chi connectivity index (χ4n) is 8.00. The summed E-state index contributed by atoms with van der Waals surface area (Å²) in [5.74, 6) is 0. The van der Waals surface area contributed by atoms with Gasteiger partial charge in [0.2, 0.25) is 0 Å². The summed E-state index contributed by atoms with van der Waals surface area (Å²) in [6, 6.07) is 62.8. The summed E-state index contributed by atoms with van der Waals surface area (Å²) in [7, 11) is 0. The van der Waals surface area contributed by atoms with Crippen molar-refractivity contribution < 1.29 is 0 Å². The molecule has 0 heterocycles. The van der Waals surface area contributed by atoms with Crippen molar-refractivity contribution in [3.05, 3.63) is 170 Å². The molecule has 10 rings (SSSR count). The second kappa shape index (κ2) is 9.76. The van der Waals surface area contributed by atoms with E-state index in [0.29, 0.717) is 0 Å². The minimum absolute atomic E-state index is 1.24. The van der Waals surface area contributed by atoms with Crippen LogP contribution in [0.4, 0.5) is 0 Å². The normalized spacial score (nSPS) is 11.9. The first-order valence-corrected chi connectivity index (χ1v) is 16.0. The quantitative estimate of drug-likeness (QED) is 0.144. The molecule has 0 unspecified atom stereocenters. The Morgan fingerprint density at radius 2 is 0.739 bits per heavy atom. The van der Waals surface area contributed by atoms with Crippen LogP contribution in [0.15, 0.2) is 170 Å². The van der Waals surface area contributed by atoms with Gasteiger partial charge in [0.25, 0.3) is 0 Å². The van der Waals surface area contributed by atoms with Crippen molar-refractivity contribution in [1.82, 2.24) is 0 Å². The highest BCUT2D eigenvalue weighted by Gasteiger charge is 2.19. The van der Waals surface area contributed by atoms with Crippen LogP contribution in [0.2, 0.25) is 0 Å². The summed E-state index contributed by atoms with van der Waals surface area (Å²) in [4.78, 5) is 0. The van der Waals surface area contributed by atoms with Gasteiger partial charge in [0.1, 0.15) is 0 Å². The molecule has 0 heteroatoms. The lowest BCUT2D eigenvalue weighted by atomic mass is 9.84. The van der Waals surface area contributed by atoms with Crippen molar-refractivity contribution in [1.29, 1.82) is 0 Å². The third kappa shape index (κ3) is 3.62. The van der Waals surface area contributed by atoms with Gasteiger partial charge in [-0.15, -0.1) is 0 Å². The van der Waals surface area contributed by atoms with Crippen LogP contribution in [0.5, 0.6) is 0 Å². The van der Waals surface area contributed by atoms with E-state index in [0.717, 1.165) is 0 Å². The Morgan fingerprint density at radius 1 is 0.239 bits per heavy atom. The summed E-state index contributed by atoms with van der Waals surface area (Å²) in [6.45, 7) is 0. The number of hydrogen-bond acceptors (Lipinski definition) is 0. The molecule has 0 aliphatic heterocycles. The molecule has 0 radical (unpaired) electrons. The highest BCUT2D eigenvalue weighted by atomic mass is 14.2. The van der Waals surface area contributed by atoms with E-state index in [-0.39, 0.29) is 0 Å². The second-order valence-electron chi connectivity index (χ2n) is 12.4. The molecule has 0 amide bonds. The first-order chi connectivity index (χ1) is 22.8. The summed E-state index contributed by atoms with van der Waals surface area (Å²) in [5, 5.41) is 15.6. The largest absolute Gasteiger partial charge is 0.0616 e. The molecule has 212 valence electrons. The highest BCUT2D eigenvalue weighted by Crippen LogP contribution is 2.46. The maximum atomic E-state index is 2.40. The maximum absolute atomic E-state index is 2.40. The Morgan fingerprint density at radius 3 is 1.48 bits per heavy atom. The number of hydrogen-bond donors (Lipinski definition) is 0. The van der Waals surface area contributed by atoms with E-state index in [2.05, 4.69) is 170 Å². The van der Waals surface area contributed by atoms with E-state index in [1.54, 1.807) is 0 Å². The van der Waals surface area contributed by atoms with Crippen LogP contribution in [0.3, 0.4) is 0 Å². The summed E-state index contributed by atoms with van der Waals surface area (Å²) in [6.07, 6.45) is 0. The van der Waals surface area contributed by atoms with Gasteiger partial charge in [0.15, 0.2) is 0 Å². The van der Waals surface area contributed by atoms with Crippen LogP contribution >= 0.6 is 0 Å². The van der Waals surface area contributed by atoms with Crippen molar-refractivity contribution >= 4 is 64.6 Å². The average Bonchev–Trinajstić information content (AvgIpc) is 3.12. The predicted molar refractivity (Wildman–Crippen MR) is 199 cm³/mol. The fourth-order valence-corrected chi connectivity index (χ4v) is 8.00. The molecule has 0 fully saturated rings. The number of benzene rings is 10. The van der Waals surface area contributed by atoms with Crippen molar-refractivity contribution in [2.24, 2.45) is 0 Å². The lowest BCUT2D eigenvalue weighted by Gasteiger charge is -2.19. The van der Waals surface area contributed by atoms with E-state index < -0.39 is 0 Å². The molecule has 10 aromatic carbocycles. The standard InChI is InChI=1S/C46H28/c1-2-16-35-29(10-1)11-9-21-37(35)46-40-19-5-3-17-38(40)44(39-18-4-6-20-41(39)46)34-15-8-14-33(28-34)36-26-24-32-23-22-30-12-7-13-31-25-27-42(36)45(32)43(30)31/h1-28H. The zero-order chi connectivity index (χ0) is 30.2. The maximum Gasteiger partial charge on any atom is -0.00201 e. The molecular weight excluding hydrogens is 553 g/mol. The Hall–Kier alpha value is -5.98.